The van der Waals surface area contributed by atoms with Crippen LogP contribution in [0.15, 0.2) is 40.8 Å². The van der Waals surface area contributed by atoms with E-state index in [1.165, 1.54) is 0 Å². The summed E-state index contributed by atoms with van der Waals surface area (Å²) < 4.78 is 46.6. The van der Waals surface area contributed by atoms with Gasteiger partial charge in [0.25, 0.3) is 5.91 Å². The SMILES string of the molecule is O=C(NC12CC1(c1nnc(C3CC(OC(F)(F)F)C3)o1)C2)c1ccc2ccccc2n1. The Kier molecular flexibility index (Phi) is 3.64. The Hall–Kier alpha value is -3.01. The van der Waals surface area contributed by atoms with E-state index in [-0.39, 0.29) is 30.1 Å². The fraction of sp³-hybridized carbons (Fsp3) is 0.429. The highest BCUT2D eigenvalue weighted by molar-refractivity contribution is 5.96. The standard InChI is InChI=1S/C21H17F3N4O3/c22-21(23,24)31-13-7-12(8-13)17-27-28-18(30-17)19-9-20(19,10-19)26-16(29)15-6-5-11-3-1-2-4-14(11)25-15/h1-6,12-13H,7-10H2,(H,26,29). The Bertz CT molecular complexity index is 1200. The number of benzene rings is 1. The molecule has 7 nitrogen and oxygen atoms in total. The summed E-state index contributed by atoms with van der Waals surface area (Å²) in [5, 5.41) is 12.1. The summed E-state index contributed by atoms with van der Waals surface area (Å²) in [5.41, 5.74) is 0.330. The first-order chi connectivity index (χ1) is 14.8. The van der Waals surface area contributed by atoms with Gasteiger partial charge < -0.3 is 9.73 Å². The number of para-hydroxylation sites is 1. The van der Waals surface area contributed by atoms with Gasteiger partial charge >= 0.3 is 6.36 Å². The van der Waals surface area contributed by atoms with Crippen molar-refractivity contribution >= 4 is 16.8 Å². The predicted octanol–water partition coefficient (Wildman–Crippen LogP) is 3.61. The second-order valence-electron chi connectivity index (χ2n) is 8.66. The van der Waals surface area contributed by atoms with E-state index in [1.54, 1.807) is 6.07 Å². The Morgan fingerprint density at radius 2 is 1.90 bits per heavy atom. The van der Waals surface area contributed by atoms with Crippen LogP contribution in [0.4, 0.5) is 13.2 Å². The third kappa shape index (κ3) is 3.00. The number of nitrogens with one attached hydrogen (secondary N) is 1. The van der Waals surface area contributed by atoms with Crippen molar-refractivity contribution < 1.29 is 27.1 Å². The molecule has 10 heteroatoms. The van der Waals surface area contributed by atoms with Crippen molar-refractivity contribution in [3.05, 3.63) is 53.9 Å². The molecule has 1 N–H and O–H groups in total. The van der Waals surface area contributed by atoms with E-state index in [0.29, 0.717) is 30.3 Å². The summed E-state index contributed by atoms with van der Waals surface area (Å²) in [6.45, 7) is 0. The highest BCUT2D eigenvalue weighted by Gasteiger charge is 2.88. The molecule has 0 atom stereocenters. The fourth-order valence-corrected chi connectivity index (χ4v) is 4.57. The Morgan fingerprint density at radius 3 is 2.68 bits per heavy atom. The lowest BCUT2D eigenvalue weighted by Crippen LogP contribution is -2.34. The van der Waals surface area contributed by atoms with Crippen LogP contribution in [-0.4, -0.2) is 39.1 Å². The molecule has 3 aliphatic carbocycles. The first-order valence-electron chi connectivity index (χ1n) is 10.0. The number of hydrogen-bond acceptors (Lipinski definition) is 6. The van der Waals surface area contributed by atoms with Gasteiger partial charge in [-0.2, -0.15) is 0 Å². The molecule has 3 aliphatic rings. The highest BCUT2D eigenvalue weighted by Crippen LogP contribution is 2.78. The topological polar surface area (TPSA) is 90.1 Å². The number of aromatic nitrogens is 3. The molecule has 0 radical (unpaired) electrons. The number of hydrogen-bond donors (Lipinski definition) is 1. The quantitative estimate of drug-likeness (QED) is 0.665. The van der Waals surface area contributed by atoms with Crippen LogP contribution in [0.1, 0.15) is 53.9 Å². The molecule has 31 heavy (non-hydrogen) atoms. The average Bonchev–Trinajstić information content (AvgIpc) is 3.40. The minimum Gasteiger partial charge on any atom is -0.424 e. The lowest BCUT2D eigenvalue weighted by atomic mass is 9.82. The van der Waals surface area contributed by atoms with Crippen molar-refractivity contribution in [1.82, 2.24) is 20.5 Å². The van der Waals surface area contributed by atoms with Crippen LogP contribution in [0.2, 0.25) is 0 Å². The lowest BCUT2D eigenvalue weighted by molar-refractivity contribution is -0.352. The summed E-state index contributed by atoms with van der Waals surface area (Å²) in [6.07, 6.45) is -3.70. The first kappa shape index (κ1) is 18.7. The smallest absolute Gasteiger partial charge is 0.424 e. The molecular formula is C21H17F3N4O3. The zero-order chi connectivity index (χ0) is 21.4. The maximum atomic E-state index is 12.7. The van der Waals surface area contributed by atoms with Crippen molar-refractivity contribution in [1.29, 1.82) is 0 Å². The third-order valence-electron chi connectivity index (χ3n) is 6.65. The van der Waals surface area contributed by atoms with Crippen LogP contribution in [0.3, 0.4) is 0 Å². The van der Waals surface area contributed by atoms with Crippen molar-refractivity contribution in [3.8, 4) is 0 Å². The van der Waals surface area contributed by atoms with Crippen LogP contribution in [0.5, 0.6) is 0 Å². The molecule has 0 spiro atoms. The van der Waals surface area contributed by atoms with Gasteiger partial charge in [0.1, 0.15) is 5.69 Å². The van der Waals surface area contributed by atoms with Gasteiger partial charge in [-0.15, -0.1) is 23.4 Å². The first-order valence-corrected chi connectivity index (χ1v) is 10.0. The second kappa shape index (κ2) is 6.03. The molecule has 3 fully saturated rings. The van der Waals surface area contributed by atoms with Crippen LogP contribution in [0.25, 0.3) is 10.9 Å². The van der Waals surface area contributed by atoms with Gasteiger partial charge in [-0.1, -0.05) is 24.3 Å². The molecule has 3 aromatic rings. The van der Waals surface area contributed by atoms with E-state index in [0.717, 1.165) is 10.9 Å². The number of ether oxygens (including phenoxy) is 1. The second-order valence-corrected chi connectivity index (χ2v) is 8.66. The number of rotatable bonds is 5. The monoisotopic (exact) mass is 430 g/mol. The van der Waals surface area contributed by atoms with Crippen molar-refractivity contribution in [2.45, 2.75) is 55.0 Å². The van der Waals surface area contributed by atoms with Crippen LogP contribution < -0.4 is 5.32 Å². The fourth-order valence-electron chi connectivity index (χ4n) is 4.57. The largest absolute Gasteiger partial charge is 0.522 e. The lowest BCUT2D eigenvalue weighted by Gasteiger charge is -2.32. The summed E-state index contributed by atoms with van der Waals surface area (Å²) >= 11 is 0. The third-order valence-corrected chi connectivity index (χ3v) is 6.65. The molecule has 2 heterocycles. The molecule has 1 amide bonds. The number of carbonyl (C=O) groups excluding carboxylic acids is 1. The number of amides is 1. The van der Waals surface area contributed by atoms with Gasteiger partial charge in [-0.25, -0.2) is 4.98 Å². The Morgan fingerprint density at radius 1 is 1.13 bits per heavy atom. The van der Waals surface area contributed by atoms with Crippen molar-refractivity contribution in [2.24, 2.45) is 0 Å². The molecule has 0 bridgehead atoms. The summed E-state index contributed by atoms with van der Waals surface area (Å²) in [5.74, 6) is 0.292. The van der Waals surface area contributed by atoms with Gasteiger partial charge in [0.05, 0.1) is 22.6 Å². The number of carbonyl (C=O) groups is 1. The van der Waals surface area contributed by atoms with Crippen LogP contribution in [0, 0.1) is 0 Å². The van der Waals surface area contributed by atoms with Gasteiger partial charge in [0, 0.05) is 11.3 Å². The van der Waals surface area contributed by atoms with E-state index in [4.69, 9.17) is 4.42 Å². The maximum Gasteiger partial charge on any atom is 0.522 e. The van der Waals surface area contributed by atoms with Gasteiger partial charge in [0.2, 0.25) is 11.8 Å². The Balaban J connectivity index is 1.10. The number of pyridine rings is 1. The molecule has 1 aromatic carbocycles. The van der Waals surface area contributed by atoms with E-state index in [2.05, 4.69) is 25.2 Å². The van der Waals surface area contributed by atoms with E-state index in [1.807, 2.05) is 30.3 Å². The molecular weight excluding hydrogens is 413 g/mol. The normalized spacial score (nSPS) is 31.1. The van der Waals surface area contributed by atoms with Crippen molar-refractivity contribution in [3.63, 3.8) is 0 Å². The minimum absolute atomic E-state index is 0.198. The number of alkyl halides is 3. The minimum atomic E-state index is -4.63. The average molecular weight is 430 g/mol. The number of halogens is 3. The summed E-state index contributed by atoms with van der Waals surface area (Å²) in [7, 11) is 0. The van der Waals surface area contributed by atoms with E-state index < -0.39 is 18.0 Å². The van der Waals surface area contributed by atoms with Gasteiger partial charge in [-0.3, -0.25) is 9.53 Å². The maximum absolute atomic E-state index is 12.7. The van der Waals surface area contributed by atoms with E-state index in [9.17, 15) is 18.0 Å². The molecule has 0 unspecified atom stereocenters. The van der Waals surface area contributed by atoms with Gasteiger partial charge in [0.15, 0.2) is 0 Å². The predicted molar refractivity (Wildman–Crippen MR) is 100 cm³/mol. The molecule has 0 saturated heterocycles. The zero-order valence-electron chi connectivity index (χ0n) is 16.1. The van der Waals surface area contributed by atoms with Gasteiger partial charge in [-0.05, 0) is 37.8 Å². The highest BCUT2D eigenvalue weighted by atomic mass is 19.4. The van der Waals surface area contributed by atoms with Crippen molar-refractivity contribution in [2.75, 3.05) is 0 Å². The number of nitrogens with zero attached hydrogens (tertiary/aromatic N) is 3. The molecule has 3 saturated carbocycles. The molecule has 0 aliphatic heterocycles. The van der Waals surface area contributed by atoms with Crippen LogP contribution in [-0.2, 0) is 10.2 Å². The Labute approximate surface area is 174 Å². The van der Waals surface area contributed by atoms with Crippen LogP contribution >= 0.6 is 0 Å². The molecule has 160 valence electrons. The summed E-state index contributed by atoms with van der Waals surface area (Å²) in [4.78, 5) is 17.1. The van der Waals surface area contributed by atoms with E-state index >= 15 is 0 Å². The number of fused-ring (bicyclic) bond motifs is 2. The summed E-state index contributed by atoms with van der Waals surface area (Å²) in [6, 6.07) is 11.1. The molecule has 6 rings (SSSR count). The zero-order valence-corrected chi connectivity index (χ0v) is 16.1. The molecule has 2 aromatic heterocycles.